The molecule has 0 atom stereocenters. The first kappa shape index (κ1) is 10.9. The Morgan fingerprint density at radius 3 is 2.74 bits per heavy atom. The minimum Gasteiger partial charge on any atom is -0.453 e. The molecule has 0 aromatic heterocycles. The predicted molar refractivity (Wildman–Crippen MR) is 77.8 cm³/mol. The Morgan fingerprint density at radius 1 is 1.00 bits per heavy atom. The van der Waals surface area contributed by atoms with Crippen molar-refractivity contribution in [2.24, 2.45) is 0 Å². The van der Waals surface area contributed by atoms with Crippen LogP contribution in [-0.4, -0.2) is 6.54 Å². The first-order valence-corrected chi connectivity index (χ1v) is 6.92. The minimum atomic E-state index is 0.992. The lowest BCUT2D eigenvalue weighted by molar-refractivity contribution is 0.468. The number of aryl methyl sites for hydroxylation is 3. The summed E-state index contributed by atoms with van der Waals surface area (Å²) in [6.07, 6.45) is 2.37. The van der Waals surface area contributed by atoms with Gasteiger partial charge in [0.1, 0.15) is 0 Å². The third-order valence-electron chi connectivity index (χ3n) is 4.02. The van der Waals surface area contributed by atoms with Gasteiger partial charge >= 0.3 is 0 Å². The largest absolute Gasteiger partial charge is 0.453 e. The summed E-state index contributed by atoms with van der Waals surface area (Å²) in [7, 11) is 0. The van der Waals surface area contributed by atoms with E-state index in [-0.39, 0.29) is 0 Å². The van der Waals surface area contributed by atoms with E-state index in [1.807, 2.05) is 0 Å². The van der Waals surface area contributed by atoms with Crippen molar-refractivity contribution in [2.45, 2.75) is 26.7 Å². The fraction of sp³-hybridized carbons (Fsp3) is 0.294. The Balaban J connectivity index is 1.97. The SMILES string of the molecule is Cc1ccc2c(c1)Oc1cc(C)cc3c1N2CCC3. The molecule has 2 heterocycles. The van der Waals surface area contributed by atoms with Crippen LogP contribution in [0.5, 0.6) is 11.5 Å². The van der Waals surface area contributed by atoms with Gasteiger partial charge in [0.2, 0.25) is 0 Å². The maximum absolute atomic E-state index is 6.14. The second-order valence-corrected chi connectivity index (χ2v) is 5.60. The highest BCUT2D eigenvalue weighted by Gasteiger charge is 2.29. The molecule has 0 fully saturated rings. The highest BCUT2D eigenvalue weighted by atomic mass is 16.5. The summed E-state index contributed by atoms with van der Waals surface area (Å²) in [5.41, 5.74) is 6.45. The van der Waals surface area contributed by atoms with Crippen molar-refractivity contribution in [1.82, 2.24) is 0 Å². The lowest BCUT2D eigenvalue weighted by Crippen LogP contribution is -2.27. The second kappa shape index (κ2) is 3.77. The van der Waals surface area contributed by atoms with Crippen LogP contribution in [0.15, 0.2) is 30.3 Å². The van der Waals surface area contributed by atoms with Crippen molar-refractivity contribution in [3.63, 3.8) is 0 Å². The van der Waals surface area contributed by atoms with Crippen LogP contribution in [-0.2, 0) is 6.42 Å². The number of benzene rings is 2. The Hall–Kier alpha value is -1.96. The molecule has 0 unspecified atom stereocenters. The molecule has 0 bridgehead atoms. The number of ether oxygens (including phenoxy) is 1. The van der Waals surface area contributed by atoms with E-state index >= 15 is 0 Å². The van der Waals surface area contributed by atoms with Crippen LogP contribution < -0.4 is 9.64 Å². The third kappa shape index (κ3) is 1.56. The molecule has 0 saturated heterocycles. The molecule has 2 heteroatoms. The molecule has 0 aliphatic carbocycles. The van der Waals surface area contributed by atoms with E-state index in [9.17, 15) is 0 Å². The molecule has 2 aliphatic rings. The Labute approximate surface area is 113 Å². The van der Waals surface area contributed by atoms with E-state index in [1.54, 1.807) is 0 Å². The van der Waals surface area contributed by atoms with E-state index in [0.717, 1.165) is 24.5 Å². The number of rotatable bonds is 0. The lowest BCUT2D eigenvalue weighted by atomic mass is 9.96. The molecule has 19 heavy (non-hydrogen) atoms. The van der Waals surface area contributed by atoms with Crippen LogP contribution in [0.2, 0.25) is 0 Å². The molecule has 96 valence electrons. The lowest BCUT2D eigenvalue weighted by Gasteiger charge is -2.37. The van der Waals surface area contributed by atoms with Gasteiger partial charge < -0.3 is 9.64 Å². The monoisotopic (exact) mass is 251 g/mol. The fourth-order valence-corrected chi connectivity index (χ4v) is 3.22. The van der Waals surface area contributed by atoms with Crippen LogP contribution in [0.25, 0.3) is 0 Å². The summed E-state index contributed by atoms with van der Waals surface area (Å²) < 4.78 is 6.14. The van der Waals surface area contributed by atoms with E-state index in [1.165, 1.54) is 34.5 Å². The average molecular weight is 251 g/mol. The fourth-order valence-electron chi connectivity index (χ4n) is 3.22. The third-order valence-corrected chi connectivity index (χ3v) is 4.02. The van der Waals surface area contributed by atoms with E-state index in [0.29, 0.717) is 0 Å². The predicted octanol–water partition coefficient (Wildman–Crippen LogP) is 4.49. The molecule has 2 aromatic carbocycles. The summed E-state index contributed by atoms with van der Waals surface area (Å²) >= 11 is 0. The van der Waals surface area contributed by atoms with Gasteiger partial charge in [-0.2, -0.15) is 0 Å². The maximum atomic E-state index is 6.14. The molecular formula is C17H17NO. The Bertz CT molecular complexity index is 675. The molecule has 2 aliphatic heterocycles. The normalized spacial score (nSPS) is 15.6. The van der Waals surface area contributed by atoms with Crippen LogP contribution in [0.1, 0.15) is 23.1 Å². The maximum Gasteiger partial charge on any atom is 0.151 e. The molecular weight excluding hydrogens is 234 g/mol. The molecule has 0 radical (unpaired) electrons. The molecule has 0 spiro atoms. The summed E-state index contributed by atoms with van der Waals surface area (Å²) in [6.45, 7) is 5.34. The van der Waals surface area contributed by atoms with Crippen molar-refractivity contribution in [3.8, 4) is 11.5 Å². The van der Waals surface area contributed by atoms with Crippen molar-refractivity contribution in [2.75, 3.05) is 11.4 Å². The zero-order valence-corrected chi connectivity index (χ0v) is 11.4. The quantitative estimate of drug-likeness (QED) is 0.684. The number of nitrogens with zero attached hydrogens (tertiary/aromatic N) is 1. The van der Waals surface area contributed by atoms with Gasteiger partial charge in [-0.1, -0.05) is 12.1 Å². The Kier molecular flexibility index (Phi) is 2.16. The van der Waals surface area contributed by atoms with E-state index < -0.39 is 0 Å². The second-order valence-electron chi connectivity index (χ2n) is 5.60. The van der Waals surface area contributed by atoms with Gasteiger partial charge in [-0.05, 0) is 61.6 Å². The van der Waals surface area contributed by atoms with E-state index in [2.05, 4.69) is 49.1 Å². The van der Waals surface area contributed by atoms with E-state index in [4.69, 9.17) is 4.74 Å². The van der Waals surface area contributed by atoms with Crippen molar-refractivity contribution in [3.05, 3.63) is 47.0 Å². The van der Waals surface area contributed by atoms with Gasteiger partial charge in [0.25, 0.3) is 0 Å². The van der Waals surface area contributed by atoms with Gasteiger partial charge in [-0.3, -0.25) is 0 Å². The van der Waals surface area contributed by atoms with Crippen LogP contribution in [0, 0.1) is 13.8 Å². The molecule has 0 saturated carbocycles. The summed E-state index contributed by atoms with van der Waals surface area (Å²) in [5.74, 6) is 2.01. The topological polar surface area (TPSA) is 12.5 Å². The summed E-state index contributed by atoms with van der Waals surface area (Å²) in [5, 5.41) is 0. The van der Waals surface area contributed by atoms with Gasteiger partial charge in [0.05, 0.1) is 11.4 Å². The van der Waals surface area contributed by atoms with Gasteiger partial charge in [-0.25, -0.2) is 0 Å². The number of fused-ring (bicyclic) bond motifs is 2. The highest BCUT2D eigenvalue weighted by molar-refractivity contribution is 5.81. The minimum absolute atomic E-state index is 0.992. The van der Waals surface area contributed by atoms with Gasteiger partial charge in [-0.15, -0.1) is 0 Å². The van der Waals surface area contributed by atoms with Crippen molar-refractivity contribution in [1.29, 1.82) is 0 Å². The zero-order chi connectivity index (χ0) is 13.0. The number of hydrogen-bond donors (Lipinski definition) is 0. The zero-order valence-electron chi connectivity index (χ0n) is 11.4. The van der Waals surface area contributed by atoms with Crippen LogP contribution >= 0.6 is 0 Å². The first-order chi connectivity index (χ1) is 9.22. The van der Waals surface area contributed by atoms with Gasteiger partial charge in [0.15, 0.2) is 11.5 Å². The highest BCUT2D eigenvalue weighted by Crippen LogP contribution is 2.50. The smallest absolute Gasteiger partial charge is 0.151 e. The molecule has 4 rings (SSSR count). The first-order valence-electron chi connectivity index (χ1n) is 6.92. The number of hydrogen-bond acceptors (Lipinski definition) is 2. The van der Waals surface area contributed by atoms with Crippen molar-refractivity contribution < 1.29 is 4.74 Å². The Morgan fingerprint density at radius 2 is 1.84 bits per heavy atom. The van der Waals surface area contributed by atoms with Gasteiger partial charge in [0, 0.05) is 6.54 Å². The molecule has 2 aromatic rings. The number of anilines is 2. The summed E-state index contributed by atoms with van der Waals surface area (Å²) in [6, 6.07) is 10.9. The average Bonchev–Trinajstić information content (AvgIpc) is 2.38. The molecule has 0 N–H and O–H groups in total. The van der Waals surface area contributed by atoms with Crippen LogP contribution in [0.4, 0.5) is 11.4 Å². The van der Waals surface area contributed by atoms with Crippen LogP contribution in [0.3, 0.4) is 0 Å². The molecule has 0 amide bonds. The molecule has 2 nitrogen and oxygen atoms in total. The standard InChI is InChI=1S/C17H17NO/c1-11-5-6-14-15(9-11)19-16-10-12(2)8-13-4-3-7-18(14)17(13)16/h5-6,8-10H,3-4,7H2,1-2H3. The van der Waals surface area contributed by atoms with Crippen molar-refractivity contribution >= 4 is 11.4 Å². The summed E-state index contributed by atoms with van der Waals surface area (Å²) in [4.78, 5) is 2.42.